The normalized spacial score (nSPS) is 12.1. The molecule has 0 heterocycles. The molecule has 0 fully saturated rings. The van der Waals surface area contributed by atoms with Gasteiger partial charge in [-0.25, -0.2) is 0 Å². The lowest BCUT2D eigenvalue weighted by molar-refractivity contribution is 0.725. The number of allylic oxidation sites excluding steroid dienone is 2. The Balaban J connectivity index is 2.41. The molecule has 0 bridgehead atoms. The summed E-state index contributed by atoms with van der Waals surface area (Å²) < 4.78 is 0. The van der Waals surface area contributed by atoms with E-state index in [0.29, 0.717) is 0 Å². The van der Waals surface area contributed by atoms with Crippen molar-refractivity contribution in [2.45, 2.75) is 65.2 Å². The van der Waals surface area contributed by atoms with Crippen molar-refractivity contribution < 1.29 is 0 Å². The Morgan fingerprint density at radius 2 is 0.917 bits per heavy atom. The van der Waals surface area contributed by atoms with Gasteiger partial charge in [0.1, 0.15) is 0 Å². The second-order valence-electron chi connectivity index (χ2n) is 6.60. The molecule has 0 unspecified atom stereocenters. The molecule has 0 saturated carbocycles. The van der Waals surface area contributed by atoms with Crippen LogP contribution in [-0.2, 0) is 0 Å². The maximum absolute atomic E-state index is 2.28. The number of unbranched alkanes of at least 4 members (excludes halogenated alkanes) is 4. The summed E-state index contributed by atoms with van der Waals surface area (Å²) in [5, 5.41) is 0. The molecule has 2 aromatic rings. The van der Waals surface area contributed by atoms with Crippen molar-refractivity contribution in [1.29, 1.82) is 0 Å². The zero-order chi connectivity index (χ0) is 17.0. The summed E-state index contributed by atoms with van der Waals surface area (Å²) in [4.78, 5) is 0. The number of rotatable bonds is 10. The molecule has 0 atom stereocenters. The predicted octanol–water partition coefficient (Wildman–Crippen LogP) is 7.76. The zero-order valence-electron chi connectivity index (χ0n) is 15.4. The van der Waals surface area contributed by atoms with Crippen LogP contribution in [0.1, 0.15) is 76.3 Å². The Bertz CT molecular complexity index is 537. The monoisotopic (exact) mass is 320 g/mol. The van der Waals surface area contributed by atoms with Gasteiger partial charge in [-0.3, -0.25) is 0 Å². The average Bonchev–Trinajstić information content (AvgIpc) is 2.65. The first kappa shape index (κ1) is 18.5. The Hall–Kier alpha value is -1.82. The molecule has 0 aliphatic rings. The summed E-state index contributed by atoms with van der Waals surface area (Å²) >= 11 is 0. The van der Waals surface area contributed by atoms with Gasteiger partial charge in [0, 0.05) is 0 Å². The van der Waals surface area contributed by atoms with Crippen molar-refractivity contribution in [2.24, 2.45) is 0 Å². The molecule has 2 rings (SSSR count). The van der Waals surface area contributed by atoms with Crippen LogP contribution in [0.2, 0.25) is 0 Å². The van der Waals surface area contributed by atoms with E-state index in [0.717, 1.165) is 0 Å². The van der Waals surface area contributed by atoms with Crippen molar-refractivity contribution >= 4 is 11.1 Å². The van der Waals surface area contributed by atoms with E-state index < -0.39 is 0 Å². The van der Waals surface area contributed by atoms with E-state index in [1.54, 1.807) is 11.1 Å². The maximum Gasteiger partial charge on any atom is -0.0222 e. The molecule has 0 aliphatic heterocycles. The van der Waals surface area contributed by atoms with E-state index in [1.807, 2.05) is 0 Å². The quantitative estimate of drug-likeness (QED) is 0.310. The fraction of sp³-hybridized carbons (Fsp3) is 0.417. The molecular formula is C24H32. The van der Waals surface area contributed by atoms with E-state index in [1.165, 1.54) is 62.5 Å². The summed E-state index contributed by atoms with van der Waals surface area (Å²) in [5.74, 6) is 0. The molecular weight excluding hydrogens is 288 g/mol. The maximum atomic E-state index is 2.28. The molecule has 0 heteroatoms. The van der Waals surface area contributed by atoms with Crippen LogP contribution in [0.3, 0.4) is 0 Å². The average molecular weight is 321 g/mol. The SMILES string of the molecule is CCCCC/C(=C(\CCCCC)c1ccccc1)c1ccccc1. The minimum absolute atomic E-state index is 1.19. The third kappa shape index (κ3) is 5.67. The first-order valence-corrected chi connectivity index (χ1v) is 9.69. The third-order valence-electron chi connectivity index (χ3n) is 4.67. The molecule has 0 saturated heterocycles. The Morgan fingerprint density at radius 1 is 0.542 bits per heavy atom. The van der Waals surface area contributed by atoms with Crippen LogP contribution in [0.25, 0.3) is 11.1 Å². The summed E-state index contributed by atoms with van der Waals surface area (Å²) in [6.45, 7) is 4.57. The highest BCUT2D eigenvalue weighted by atomic mass is 14.2. The molecule has 0 radical (unpaired) electrons. The molecule has 0 spiro atoms. The largest absolute Gasteiger partial charge is 0.0654 e. The second-order valence-corrected chi connectivity index (χ2v) is 6.60. The highest BCUT2D eigenvalue weighted by molar-refractivity contribution is 5.90. The Kier molecular flexibility index (Phi) is 8.38. The van der Waals surface area contributed by atoms with Gasteiger partial charge in [0.2, 0.25) is 0 Å². The fourth-order valence-corrected chi connectivity index (χ4v) is 3.32. The minimum Gasteiger partial charge on any atom is -0.0654 e. The van der Waals surface area contributed by atoms with Crippen molar-refractivity contribution in [3.8, 4) is 0 Å². The van der Waals surface area contributed by atoms with Gasteiger partial charge in [0.25, 0.3) is 0 Å². The van der Waals surface area contributed by atoms with Gasteiger partial charge < -0.3 is 0 Å². The van der Waals surface area contributed by atoms with E-state index >= 15 is 0 Å². The summed E-state index contributed by atoms with van der Waals surface area (Å²) in [6.07, 6.45) is 10.1. The van der Waals surface area contributed by atoms with Crippen LogP contribution in [-0.4, -0.2) is 0 Å². The van der Waals surface area contributed by atoms with Gasteiger partial charge in [-0.15, -0.1) is 0 Å². The first-order chi connectivity index (χ1) is 11.9. The van der Waals surface area contributed by atoms with Crippen LogP contribution in [0.4, 0.5) is 0 Å². The van der Waals surface area contributed by atoms with Crippen LogP contribution < -0.4 is 0 Å². The first-order valence-electron chi connectivity index (χ1n) is 9.69. The molecule has 0 aromatic heterocycles. The summed E-state index contributed by atoms with van der Waals surface area (Å²) in [5.41, 5.74) is 5.94. The van der Waals surface area contributed by atoms with Crippen LogP contribution in [0.15, 0.2) is 60.7 Å². The standard InChI is InChI=1S/C24H32/c1-3-5-9-19-23(21-15-11-7-12-16-21)24(20-10-6-4-2)22-17-13-8-14-18-22/h7-8,11-18H,3-6,9-10,19-20H2,1-2H3/b24-23-. The third-order valence-corrected chi connectivity index (χ3v) is 4.67. The van der Waals surface area contributed by atoms with Gasteiger partial charge in [0.15, 0.2) is 0 Å². The van der Waals surface area contributed by atoms with E-state index in [4.69, 9.17) is 0 Å². The van der Waals surface area contributed by atoms with Gasteiger partial charge in [-0.2, -0.15) is 0 Å². The van der Waals surface area contributed by atoms with Crippen LogP contribution >= 0.6 is 0 Å². The van der Waals surface area contributed by atoms with Gasteiger partial charge in [0.05, 0.1) is 0 Å². The molecule has 0 amide bonds. The fourth-order valence-electron chi connectivity index (χ4n) is 3.32. The van der Waals surface area contributed by atoms with Gasteiger partial charge in [-0.1, -0.05) is 100 Å². The van der Waals surface area contributed by atoms with Crippen molar-refractivity contribution in [2.75, 3.05) is 0 Å². The Labute approximate surface area is 148 Å². The van der Waals surface area contributed by atoms with Gasteiger partial charge in [-0.05, 0) is 48.0 Å². The number of hydrogen-bond acceptors (Lipinski definition) is 0. The highest BCUT2D eigenvalue weighted by Gasteiger charge is 2.11. The molecule has 0 N–H and O–H groups in total. The highest BCUT2D eigenvalue weighted by Crippen LogP contribution is 2.34. The minimum atomic E-state index is 1.19. The lowest BCUT2D eigenvalue weighted by Crippen LogP contribution is -1.95. The van der Waals surface area contributed by atoms with E-state index in [-0.39, 0.29) is 0 Å². The summed E-state index contributed by atoms with van der Waals surface area (Å²) in [6, 6.07) is 22.0. The lowest BCUT2D eigenvalue weighted by Gasteiger charge is -2.17. The van der Waals surface area contributed by atoms with Crippen LogP contribution in [0, 0.1) is 0 Å². The topological polar surface area (TPSA) is 0 Å². The molecule has 2 aromatic carbocycles. The van der Waals surface area contributed by atoms with Crippen molar-refractivity contribution in [3.05, 3.63) is 71.8 Å². The number of benzene rings is 2. The van der Waals surface area contributed by atoms with Crippen molar-refractivity contribution in [1.82, 2.24) is 0 Å². The molecule has 24 heavy (non-hydrogen) atoms. The number of hydrogen-bond donors (Lipinski definition) is 0. The molecule has 0 nitrogen and oxygen atoms in total. The Morgan fingerprint density at radius 3 is 1.25 bits per heavy atom. The molecule has 128 valence electrons. The van der Waals surface area contributed by atoms with Gasteiger partial charge >= 0.3 is 0 Å². The lowest BCUT2D eigenvalue weighted by atomic mass is 9.88. The van der Waals surface area contributed by atoms with Crippen LogP contribution in [0.5, 0.6) is 0 Å². The predicted molar refractivity (Wildman–Crippen MR) is 108 cm³/mol. The smallest absolute Gasteiger partial charge is 0.0222 e. The molecule has 0 aliphatic carbocycles. The van der Waals surface area contributed by atoms with Crippen molar-refractivity contribution in [3.63, 3.8) is 0 Å². The zero-order valence-corrected chi connectivity index (χ0v) is 15.4. The second kappa shape index (κ2) is 10.9. The van der Waals surface area contributed by atoms with E-state index in [2.05, 4.69) is 74.5 Å². The van der Waals surface area contributed by atoms with E-state index in [9.17, 15) is 0 Å². The summed E-state index contributed by atoms with van der Waals surface area (Å²) in [7, 11) is 0.